The number of unbranched alkanes of at least 4 members (excludes halogenated alkanes) is 1. The van der Waals surface area contributed by atoms with E-state index in [0.717, 1.165) is 78.2 Å². The van der Waals surface area contributed by atoms with Gasteiger partial charge in [0.1, 0.15) is 11.5 Å². The number of anilines is 1. The van der Waals surface area contributed by atoms with E-state index in [4.69, 9.17) is 14.2 Å². The lowest BCUT2D eigenvalue weighted by atomic mass is 9.96. The molecule has 0 aliphatic carbocycles. The summed E-state index contributed by atoms with van der Waals surface area (Å²) in [5.74, 6) is 2.62. The van der Waals surface area contributed by atoms with E-state index in [-0.39, 0.29) is 5.75 Å². The Morgan fingerprint density at radius 3 is 1.77 bits per heavy atom. The first-order valence-corrected chi connectivity index (χ1v) is 24.5. The Bertz CT molecular complexity index is 1700. The smallest absolute Gasteiger partial charge is 0.198 e. The molecule has 0 bridgehead atoms. The predicted octanol–water partition coefficient (Wildman–Crippen LogP) is 19.1. The Balaban J connectivity index is -0.00000110. The third-order valence-electron chi connectivity index (χ3n) is 9.56. The van der Waals surface area contributed by atoms with Crippen molar-refractivity contribution in [2.45, 2.75) is 195 Å². The highest BCUT2D eigenvalue weighted by molar-refractivity contribution is 5.83. The Morgan fingerprint density at radius 1 is 0.726 bits per heavy atom. The third kappa shape index (κ3) is 25.2. The van der Waals surface area contributed by atoms with Gasteiger partial charge in [-0.2, -0.15) is 0 Å². The second-order valence-electron chi connectivity index (χ2n) is 14.4. The maximum atomic E-state index is 14.2. The first-order valence-electron chi connectivity index (χ1n) is 24.5. The van der Waals surface area contributed by atoms with E-state index >= 15 is 0 Å². The van der Waals surface area contributed by atoms with Crippen LogP contribution in [0.4, 0.5) is 10.1 Å². The number of halogens is 1. The number of hydrogen-bond acceptors (Lipinski definition) is 4. The van der Waals surface area contributed by atoms with Crippen LogP contribution in [-0.2, 0) is 17.6 Å². The number of allylic oxidation sites excluding steroid dienone is 2. The molecule has 1 aromatic heterocycles. The molecule has 0 saturated heterocycles. The van der Waals surface area contributed by atoms with Crippen LogP contribution in [0.3, 0.4) is 0 Å². The zero-order valence-corrected chi connectivity index (χ0v) is 43.4. The zero-order valence-electron chi connectivity index (χ0n) is 43.4. The van der Waals surface area contributed by atoms with Crippen molar-refractivity contribution in [2.24, 2.45) is 5.92 Å². The molecule has 0 atom stereocenters. The molecule has 0 spiro atoms. The number of aromatic nitrogens is 1. The third-order valence-corrected chi connectivity index (χ3v) is 9.56. The summed E-state index contributed by atoms with van der Waals surface area (Å²) in [6.45, 7) is 43.6. The molecule has 0 radical (unpaired) electrons. The summed E-state index contributed by atoms with van der Waals surface area (Å²) in [4.78, 5) is 3.37. The quantitative estimate of drug-likeness (QED) is 0.0560. The highest BCUT2D eigenvalue weighted by atomic mass is 19.1. The number of fused-ring (bicyclic) bond motifs is 1. The van der Waals surface area contributed by atoms with Gasteiger partial charge in [-0.15, -0.1) is 0 Å². The van der Waals surface area contributed by atoms with E-state index in [9.17, 15) is 4.39 Å². The molecule has 4 rings (SSSR count). The van der Waals surface area contributed by atoms with Crippen molar-refractivity contribution in [3.05, 3.63) is 107 Å². The number of H-pyrrole nitrogens is 1. The fourth-order valence-electron chi connectivity index (χ4n) is 6.24. The Hall–Kier alpha value is -4.03. The monoisotopic (exact) mass is 863 g/mol. The Kier molecular flexibility index (Phi) is 41.2. The summed E-state index contributed by atoms with van der Waals surface area (Å²) < 4.78 is 31.4. The minimum Gasteiger partial charge on any atom is -0.454 e. The van der Waals surface area contributed by atoms with Gasteiger partial charge < -0.3 is 24.5 Å². The minimum absolute atomic E-state index is 0.190. The molecular formula is C56H95FN2O3. The maximum absolute atomic E-state index is 14.2. The number of aryl methyl sites for hydroxylation is 3. The van der Waals surface area contributed by atoms with Crippen molar-refractivity contribution in [3.63, 3.8) is 0 Å². The van der Waals surface area contributed by atoms with Gasteiger partial charge in [-0.05, 0) is 111 Å². The molecule has 4 aromatic rings. The normalized spacial score (nSPS) is 10.3. The van der Waals surface area contributed by atoms with E-state index < -0.39 is 5.82 Å². The van der Waals surface area contributed by atoms with Gasteiger partial charge in [0.05, 0.1) is 5.70 Å². The minimum atomic E-state index is -0.401. The summed E-state index contributed by atoms with van der Waals surface area (Å²) in [6, 6.07) is 16.6. The molecule has 0 saturated carbocycles. The predicted molar refractivity (Wildman–Crippen MR) is 276 cm³/mol. The fraction of sp³-hybridized carbons (Fsp3) is 0.571. The molecule has 1 heterocycles. The standard InChI is InChI=1S/C31H33FN2O2.C9H20.C6H14O.C4H10.3C2H6/c1-7-22-16-27-23(14-19(22)4)17-31(34-27)36-29(9-3)21(6)33-28-18-24(15-20(5)25(28)8-2)35-30-13-11-10-12-26(30)32;1-4-7-9(6-3)8-5-2;1-3-5-7-6-4-2;1-3-4-2;3*1-2/h9-18,33-34H,3,7-8H2,1-2,4-6H3;9H,4-8H2,1-3H3;3-6H2,1-2H3;3-4H2,1-2H3;3*1-2H3/b29-21-;;;;;;. The molecular weight excluding hydrogens is 768 g/mol. The van der Waals surface area contributed by atoms with Crippen molar-refractivity contribution in [3.8, 4) is 17.4 Å². The summed E-state index contributed by atoms with van der Waals surface area (Å²) >= 11 is 0. The van der Waals surface area contributed by atoms with Crippen LogP contribution in [0.5, 0.6) is 17.4 Å². The number of para-hydroxylation sites is 1. The van der Waals surface area contributed by atoms with E-state index in [0.29, 0.717) is 17.4 Å². The topological polar surface area (TPSA) is 55.5 Å². The number of ether oxygens (including phenoxy) is 3. The van der Waals surface area contributed by atoms with E-state index in [1.165, 1.54) is 62.1 Å². The van der Waals surface area contributed by atoms with Gasteiger partial charge in [-0.1, -0.05) is 168 Å². The number of hydrogen-bond donors (Lipinski definition) is 2. The van der Waals surface area contributed by atoms with Crippen molar-refractivity contribution in [1.82, 2.24) is 4.98 Å². The van der Waals surface area contributed by atoms with Crippen molar-refractivity contribution >= 4 is 16.6 Å². The largest absolute Gasteiger partial charge is 0.454 e. The van der Waals surface area contributed by atoms with Crippen LogP contribution >= 0.6 is 0 Å². The van der Waals surface area contributed by atoms with Crippen LogP contribution in [0.15, 0.2) is 78.7 Å². The molecule has 354 valence electrons. The van der Waals surface area contributed by atoms with Crippen LogP contribution in [0.2, 0.25) is 0 Å². The van der Waals surface area contributed by atoms with E-state index in [2.05, 4.69) is 98.2 Å². The SMILES string of the molecule is C=C/C(Oc1cc2cc(C)c(CC)cc2[nH]1)=C(\C)Nc1cc(Oc2ccccc2F)cc(C)c1CC.CC.CC.CC.CCCC.CCCC(CC)CCC.CCCOCCC. The van der Waals surface area contributed by atoms with Gasteiger partial charge in [0.25, 0.3) is 0 Å². The number of aromatic amines is 1. The molecule has 0 aliphatic rings. The molecule has 6 heteroatoms. The Morgan fingerprint density at radius 2 is 1.31 bits per heavy atom. The molecule has 62 heavy (non-hydrogen) atoms. The molecule has 0 aliphatic heterocycles. The number of benzene rings is 3. The molecule has 0 amide bonds. The van der Waals surface area contributed by atoms with Gasteiger partial charge >= 0.3 is 0 Å². The molecule has 3 aromatic carbocycles. The average Bonchev–Trinajstić information content (AvgIpc) is 3.69. The van der Waals surface area contributed by atoms with Crippen LogP contribution < -0.4 is 14.8 Å². The Labute approximate surface area is 382 Å². The van der Waals surface area contributed by atoms with Gasteiger partial charge in [-0.3, -0.25) is 0 Å². The lowest BCUT2D eigenvalue weighted by Crippen LogP contribution is -2.07. The molecule has 0 unspecified atom stereocenters. The van der Waals surface area contributed by atoms with Crippen molar-refractivity contribution < 1.29 is 18.6 Å². The van der Waals surface area contributed by atoms with Crippen LogP contribution in [0.1, 0.15) is 191 Å². The summed E-state index contributed by atoms with van der Waals surface area (Å²) in [6.07, 6.45) is 15.4. The van der Waals surface area contributed by atoms with Crippen molar-refractivity contribution in [1.29, 1.82) is 0 Å². The van der Waals surface area contributed by atoms with Gasteiger partial charge in [0, 0.05) is 41.9 Å². The second kappa shape index (κ2) is 41.0. The summed E-state index contributed by atoms with van der Waals surface area (Å²) in [7, 11) is 0. The summed E-state index contributed by atoms with van der Waals surface area (Å²) in [5, 5.41) is 4.58. The fourth-order valence-corrected chi connectivity index (χ4v) is 6.24. The first kappa shape index (κ1) is 62.3. The lowest BCUT2D eigenvalue weighted by Gasteiger charge is -2.18. The molecule has 0 fully saturated rings. The number of rotatable bonds is 19. The average molecular weight is 863 g/mol. The lowest BCUT2D eigenvalue weighted by molar-refractivity contribution is 0.135. The van der Waals surface area contributed by atoms with Crippen LogP contribution in [0.25, 0.3) is 10.9 Å². The highest BCUT2D eigenvalue weighted by Crippen LogP contribution is 2.33. The first-order chi connectivity index (χ1) is 30.0. The van der Waals surface area contributed by atoms with Crippen LogP contribution in [0, 0.1) is 25.6 Å². The second-order valence-corrected chi connectivity index (χ2v) is 14.4. The van der Waals surface area contributed by atoms with E-state index in [1.807, 2.05) is 73.6 Å². The van der Waals surface area contributed by atoms with Gasteiger partial charge in [-0.25, -0.2) is 4.39 Å². The zero-order chi connectivity index (χ0) is 47.9. The molecule has 2 N–H and O–H groups in total. The summed E-state index contributed by atoms with van der Waals surface area (Å²) in [5.41, 5.74) is 7.51. The highest BCUT2D eigenvalue weighted by Gasteiger charge is 2.13. The van der Waals surface area contributed by atoms with Gasteiger partial charge in [0.15, 0.2) is 17.4 Å². The van der Waals surface area contributed by atoms with E-state index in [1.54, 1.807) is 24.3 Å². The number of nitrogens with one attached hydrogen (secondary N) is 2. The van der Waals surface area contributed by atoms with Gasteiger partial charge in [0.2, 0.25) is 0 Å². The molecule has 5 nitrogen and oxygen atoms in total. The van der Waals surface area contributed by atoms with Crippen molar-refractivity contribution in [2.75, 3.05) is 18.5 Å². The maximum Gasteiger partial charge on any atom is 0.198 e. The van der Waals surface area contributed by atoms with Crippen LogP contribution in [-0.4, -0.2) is 18.2 Å².